The van der Waals surface area contributed by atoms with E-state index in [0.717, 1.165) is 38.0 Å². The number of halogens is 1. The Labute approximate surface area is 126 Å². The standard InChI is InChI=1S/C14H23N3O2.ClH/c1-3-11(4-2)12-7-13(19-16-12)14(18)17-6-5-10(8-15)9-17;/h7,10-11H,3-6,8-9,15H2,1-2H3;1H. The molecule has 1 aliphatic rings. The highest BCUT2D eigenvalue weighted by Gasteiger charge is 2.28. The lowest BCUT2D eigenvalue weighted by atomic mass is 9.99. The van der Waals surface area contributed by atoms with Gasteiger partial charge >= 0.3 is 0 Å². The third-order valence-electron chi connectivity index (χ3n) is 4.05. The third-order valence-corrected chi connectivity index (χ3v) is 4.05. The molecule has 2 rings (SSSR count). The van der Waals surface area contributed by atoms with E-state index in [0.29, 0.717) is 24.1 Å². The fourth-order valence-electron chi connectivity index (χ4n) is 2.65. The van der Waals surface area contributed by atoms with Crippen LogP contribution in [-0.4, -0.2) is 35.6 Å². The quantitative estimate of drug-likeness (QED) is 0.906. The van der Waals surface area contributed by atoms with Crippen molar-refractivity contribution in [2.45, 2.75) is 39.0 Å². The van der Waals surface area contributed by atoms with Gasteiger partial charge in [0.1, 0.15) is 0 Å². The van der Waals surface area contributed by atoms with Crippen LogP contribution in [0.5, 0.6) is 0 Å². The Morgan fingerprint density at radius 1 is 1.55 bits per heavy atom. The van der Waals surface area contributed by atoms with Crippen molar-refractivity contribution in [1.29, 1.82) is 0 Å². The van der Waals surface area contributed by atoms with E-state index in [4.69, 9.17) is 10.3 Å². The van der Waals surface area contributed by atoms with Gasteiger partial charge in [-0.2, -0.15) is 0 Å². The molecular weight excluding hydrogens is 278 g/mol. The van der Waals surface area contributed by atoms with Crippen LogP contribution in [0.15, 0.2) is 10.6 Å². The van der Waals surface area contributed by atoms with Gasteiger partial charge in [-0.05, 0) is 31.7 Å². The summed E-state index contributed by atoms with van der Waals surface area (Å²) in [7, 11) is 0. The van der Waals surface area contributed by atoms with Gasteiger partial charge in [-0.1, -0.05) is 19.0 Å². The lowest BCUT2D eigenvalue weighted by Crippen LogP contribution is -2.29. The van der Waals surface area contributed by atoms with Crippen LogP contribution < -0.4 is 5.73 Å². The molecular formula is C14H24ClN3O2. The van der Waals surface area contributed by atoms with E-state index in [1.54, 1.807) is 6.07 Å². The van der Waals surface area contributed by atoms with Crippen molar-refractivity contribution in [3.63, 3.8) is 0 Å². The molecule has 1 unspecified atom stereocenters. The monoisotopic (exact) mass is 301 g/mol. The number of nitrogens with two attached hydrogens (primary N) is 1. The molecule has 0 spiro atoms. The smallest absolute Gasteiger partial charge is 0.292 e. The zero-order chi connectivity index (χ0) is 13.8. The topological polar surface area (TPSA) is 72.4 Å². The van der Waals surface area contributed by atoms with E-state index in [-0.39, 0.29) is 18.3 Å². The Bertz CT molecular complexity index is 432. The summed E-state index contributed by atoms with van der Waals surface area (Å²) < 4.78 is 5.22. The minimum Gasteiger partial charge on any atom is -0.351 e. The molecule has 2 heterocycles. The van der Waals surface area contributed by atoms with E-state index in [2.05, 4.69) is 19.0 Å². The summed E-state index contributed by atoms with van der Waals surface area (Å²) in [5.74, 6) is 1.10. The Kier molecular flexibility index (Phi) is 6.49. The minimum atomic E-state index is -0.0549. The average molecular weight is 302 g/mol. The van der Waals surface area contributed by atoms with Gasteiger partial charge in [0.15, 0.2) is 0 Å². The number of rotatable bonds is 5. The van der Waals surface area contributed by atoms with Gasteiger partial charge < -0.3 is 15.2 Å². The van der Waals surface area contributed by atoms with Crippen LogP contribution >= 0.6 is 12.4 Å². The molecule has 1 aromatic heterocycles. The van der Waals surface area contributed by atoms with Crippen molar-refractivity contribution in [3.8, 4) is 0 Å². The highest BCUT2D eigenvalue weighted by molar-refractivity contribution is 5.91. The van der Waals surface area contributed by atoms with Crippen LogP contribution in [0.1, 0.15) is 55.3 Å². The van der Waals surface area contributed by atoms with Crippen molar-refractivity contribution in [2.24, 2.45) is 11.7 Å². The van der Waals surface area contributed by atoms with Crippen LogP contribution in [0.25, 0.3) is 0 Å². The molecule has 114 valence electrons. The lowest BCUT2D eigenvalue weighted by molar-refractivity contribution is 0.0746. The number of carbonyl (C=O) groups excluding carboxylic acids is 1. The maximum absolute atomic E-state index is 12.3. The maximum Gasteiger partial charge on any atom is 0.292 e. The Morgan fingerprint density at radius 2 is 2.25 bits per heavy atom. The molecule has 0 saturated carbocycles. The van der Waals surface area contributed by atoms with Gasteiger partial charge in [-0.3, -0.25) is 4.79 Å². The summed E-state index contributed by atoms with van der Waals surface area (Å²) in [6.45, 7) is 6.38. The zero-order valence-corrected chi connectivity index (χ0v) is 13.0. The number of amides is 1. The van der Waals surface area contributed by atoms with E-state index in [1.165, 1.54) is 0 Å². The van der Waals surface area contributed by atoms with Gasteiger partial charge in [0, 0.05) is 25.1 Å². The normalized spacial score (nSPS) is 18.4. The van der Waals surface area contributed by atoms with Crippen molar-refractivity contribution in [3.05, 3.63) is 17.5 Å². The van der Waals surface area contributed by atoms with E-state index >= 15 is 0 Å². The maximum atomic E-state index is 12.3. The second-order valence-corrected chi connectivity index (χ2v) is 5.27. The van der Waals surface area contributed by atoms with Crippen LogP contribution in [0, 0.1) is 5.92 Å². The number of hydrogen-bond acceptors (Lipinski definition) is 4. The highest BCUT2D eigenvalue weighted by atomic mass is 35.5. The molecule has 1 aliphatic heterocycles. The van der Waals surface area contributed by atoms with Crippen molar-refractivity contribution >= 4 is 18.3 Å². The molecule has 1 saturated heterocycles. The fourth-order valence-corrected chi connectivity index (χ4v) is 2.65. The van der Waals surface area contributed by atoms with Gasteiger partial charge in [0.05, 0.1) is 5.69 Å². The summed E-state index contributed by atoms with van der Waals surface area (Å²) in [5.41, 5.74) is 6.53. The summed E-state index contributed by atoms with van der Waals surface area (Å²) >= 11 is 0. The second kappa shape index (κ2) is 7.64. The molecule has 6 heteroatoms. The first-order valence-electron chi connectivity index (χ1n) is 7.15. The van der Waals surface area contributed by atoms with Crippen LogP contribution in [0.3, 0.4) is 0 Å². The SMILES string of the molecule is CCC(CC)c1cc(C(=O)N2CCC(CN)C2)on1.Cl. The highest BCUT2D eigenvalue weighted by Crippen LogP contribution is 2.24. The molecule has 1 fully saturated rings. The molecule has 0 bridgehead atoms. The van der Waals surface area contributed by atoms with E-state index in [1.807, 2.05) is 4.90 Å². The summed E-state index contributed by atoms with van der Waals surface area (Å²) in [5, 5.41) is 4.04. The van der Waals surface area contributed by atoms with E-state index in [9.17, 15) is 4.79 Å². The fraction of sp³-hybridized carbons (Fsp3) is 0.714. The Balaban J connectivity index is 0.00000200. The first-order valence-corrected chi connectivity index (χ1v) is 7.15. The molecule has 0 aliphatic carbocycles. The van der Waals surface area contributed by atoms with Gasteiger partial charge in [-0.25, -0.2) is 0 Å². The van der Waals surface area contributed by atoms with Crippen LogP contribution in [-0.2, 0) is 0 Å². The molecule has 1 atom stereocenters. The largest absolute Gasteiger partial charge is 0.351 e. The first-order chi connectivity index (χ1) is 9.19. The van der Waals surface area contributed by atoms with Crippen LogP contribution in [0.4, 0.5) is 0 Å². The number of carbonyl (C=O) groups is 1. The number of nitrogens with zero attached hydrogens (tertiary/aromatic N) is 2. The number of hydrogen-bond donors (Lipinski definition) is 1. The number of aromatic nitrogens is 1. The lowest BCUT2D eigenvalue weighted by Gasteiger charge is -2.13. The van der Waals surface area contributed by atoms with E-state index < -0.39 is 0 Å². The van der Waals surface area contributed by atoms with Gasteiger partial charge in [0.2, 0.25) is 5.76 Å². The predicted octanol–water partition coefficient (Wildman–Crippen LogP) is 2.42. The van der Waals surface area contributed by atoms with Crippen molar-refractivity contribution in [1.82, 2.24) is 10.1 Å². The average Bonchev–Trinajstić information content (AvgIpc) is 3.08. The molecule has 1 aromatic rings. The Hall–Kier alpha value is -1.07. The first kappa shape index (κ1) is 17.0. The zero-order valence-electron chi connectivity index (χ0n) is 12.2. The summed E-state index contributed by atoms with van der Waals surface area (Å²) in [4.78, 5) is 14.1. The molecule has 20 heavy (non-hydrogen) atoms. The predicted molar refractivity (Wildman–Crippen MR) is 80.1 cm³/mol. The molecule has 1 amide bonds. The van der Waals surface area contributed by atoms with Crippen molar-refractivity contribution in [2.75, 3.05) is 19.6 Å². The van der Waals surface area contributed by atoms with Crippen molar-refractivity contribution < 1.29 is 9.32 Å². The van der Waals surface area contributed by atoms with Crippen LogP contribution in [0.2, 0.25) is 0 Å². The van der Waals surface area contributed by atoms with Gasteiger partial charge in [0.25, 0.3) is 5.91 Å². The van der Waals surface area contributed by atoms with Gasteiger partial charge in [-0.15, -0.1) is 12.4 Å². The number of likely N-dealkylation sites (tertiary alicyclic amines) is 1. The third kappa shape index (κ3) is 3.52. The Morgan fingerprint density at radius 3 is 2.80 bits per heavy atom. The summed E-state index contributed by atoms with van der Waals surface area (Å²) in [6, 6.07) is 1.80. The summed E-state index contributed by atoms with van der Waals surface area (Å²) in [6.07, 6.45) is 3.00. The second-order valence-electron chi connectivity index (χ2n) is 5.27. The molecule has 0 radical (unpaired) electrons. The minimum absolute atomic E-state index is 0. The molecule has 2 N–H and O–H groups in total. The molecule has 5 nitrogen and oxygen atoms in total. The molecule has 0 aromatic carbocycles.